The lowest BCUT2D eigenvalue weighted by Gasteiger charge is -2.21. The molecule has 1 aliphatic heterocycles. The van der Waals surface area contributed by atoms with Crippen molar-refractivity contribution in [3.8, 4) is 5.75 Å². The molecule has 22 nitrogen and oxygen atoms in total. The van der Waals surface area contributed by atoms with E-state index < -0.39 is 17.7 Å². The van der Waals surface area contributed by atoms with Crippen molar-refractivity contribution in [2.24, 2.45) is 11.5 Å². The van der Waals surface area contributed by atoms with E-state index in [-0.39, 0.29) is 49.1 Å². The number of rotatable bonds is 21. The summed E-state index contributed by atoms with van der Waals surface area (Å²) in [5.41, 5.74) is 17.0. The lowest BCUT2D eigenvalue weighted by atomic mass is 10.1. The summed E-state index contributed by atoms with van der Waals surface area (Å²) >= 11 is 0. The molecule has 0 fully saturated rings. The fraction of sp³-hybridized carbons (Fsp3) is 0.444. The number of nitrogens with one attached hydrogen (secondary N) is 3. The van der Waals surface area contributed by atoms with Gasteiger partial charge in [-0.3, -0.25) is 44.0 Å². The molecule has 5 amide bonds. The number of hydrogen-bond acceptors (Lipinski definition) is 13. The molecular formula is C45H59N15O7. The summed E-state index contributed by atoms with van der Waals surface area (Å²) < 4.78 is 13.5. The van der Waals surface area contributed by atoms with Gasteiger partial charge < -0.3 is 45.6 Å². The summed E-state index contributed by atoms with van der Waals surface area (Å²) in [4.78, 5) is 79.0. The summed E-state index contributed by atoms with van der Waals surface area (Å²) in [6, 6.07) is 9.70. The number of fused-ring (bicyclic) bond motifs is 1. The molecule has 0 saturated carbocycles. The van der Waals surface area contributed by atoms with Crippen molar-refractivity contribution >= 4 is 69.2 Å². The molecule has 0 aliphatic carbocycles. The van der Waals surface area contributed by atoms with Crippen molar-refractivity contribution in [3.05, 3.63) is 70.3 Å². The van der Waals surface area contributed by atoms with E-state index in [2.05, 4.69) is 31.0 Å². The zero-order chi connectivity index (χ0) is 48.1. The van der Waals surface area contributed by atoms with Gasteiger partial charge in [-0.05, 0) is 89.8 Å². The highest BCUT2D eigenvalue weighted by Gasteiger charge is 2.30. The number of nitrogens with two attached hydrogens (primary N) is 2. The number of carbonyl (C=O) groups is 5. The van der Waals surface area contributed by atoms with E-state index in [9.17, 15) is 24.0 Å². The minimum Gasteiger partial charge on any atom is -0.491 e. The first-order chi connectivity index (χ1) is 32.1. The SMILES string of the molecule is CCn1nc(C)cc1C(=O)Nc1nc2cc(C(N)=O)cc(OCCCN(C)C(=O)CNCCO)c2n1CCC[C@H]1CCN(C)c2cc(C(N)=O)cc3nc(NC(=O)c4cc(C)nn4CC)n1c23. The van der Waals surface area contributed by atoms with Crippen LogP contribution in [-0.2, 0) is 24.4 Å². The van der Waals surface area contributed by atoms with Crippen molar-refractivity contribution in [2.75, 3.05) is 69.0 Å². The average Bonchev–Trinajstić information content (AvgIpc) is 4.05. The molecule has 0 saturated heterocycles. The van der Waals surface area contributed by atoms with Crippen LogP contribution in [0.3, 0.4) is 0 Å². The number of benzene rings is 2. The monoisotopic (exact) mass is 921 g/mol. The van der Waals surface area contributed by atoms with Gasteiger partial charge in [0.25, 0.3) is 11.8 Å². The Morgan fingerprint density at radius 1 is 0.836 bits per heavy atom. The van der Waals surface area contributed by atoms with E-state index in [0.717, 1.165) is 11.2 Å². The Bertz CT molecular complexity index is 2840. The number of anilines is 3. The third-order valence-electron chi connectivity index (χ3n) is 11.8. The number of aromatic nitrogens is 8. The van der Waals surface area contributed by atoms with Gasteiger partial charge in [0, 0.05) is 70.5 Å². The summed E-state index contributed by atoms with van der Waals surface area (Å²) in [5.74, 6) is -1.44. The van der Waals surface area contributed by atoms with Crippen molar-refractivity contribution in [3.63, 3.8) is 0 Å². The first kappa shape index (κ1) is 47.6. The number of primary amides is 2. The fourth-order valence-corrected chi connectivity index (χ4v) is 8.52. The second-order valence-electron chi connectivity index (χ2n) is 16.6. The second kappa shape index (κ2) is 20.5. The minimum atomic E-state index is -0.694. The van der Waals surface area contributed by atoms with Crippen molar-refractivity contribution < 1.29 is 33.8 Å². The van der Waals surface area contributed by atoms with Crippen molar-refractivity contribution in [1.82, 2.24) is 48.9 Å². The second-order valence-corrected chi connectivity index (χ2v) is 16.6. The molecule has 4 aromatic heterocycles. The standard InChI is InChI=1S/C45H59N15O7/c1-7-58-34(19-26(3)53-58)42(65)51-44-49-32-22-29(41(47)64)24-36(67-18-10-14-56(6)37(62)25-48-13-17-61)39(32)57(44)15-9-11-30-12-16-55(5)33-23-28(40(46)63)21-31-38(33)60(30)45(50-31)52-43(66)35-20-27(4)54-59(35)8-2/h19-24,30,48,61H,7-18,25H2,1-6H3,(H2,46,63)(H2,47,64)(H,49,51,65)(H,50,52,66)/t30-/m0/s1. The van der Waals surface area contributed by atoms with E-state index in [1.54, 1.807) is 64.6 Å². The number of likely N-dealkylation sites (N-methyl/N-ethyl adjacent to an activating group) is 1. The van der Waals surface area contributed by atoms with Crippen LogP contribution in [0.4, 0.5) is 17.6 Å². The normalized spacial score (nSPS) is 13.5. The molecular weight excluding hydrogens is 863 g/mol. The Balaban J connectivity index is 1.24. The molecule has 0 unspecified atom stereocenters. The Hall–Kier alpha value is -7.33. The largest absolute Gasteiger partial charge is 0.491 e. The lowest BCUT2D eigenvalue weighted by molar-refractivity contribution is -0.129. The minimum absolute atomic E-state index is 0.0796. The van der Waals surface area contributed by atoms with Crippen LogP contribution >= 0.6 is 0 Å². The molecule has 7 rings (SSSR count). The lowest BCUT2D eigenvalue weighted by Crippen LogP contribution is -2.37. The van der Waals surface area contributed by atoms with Gasteiger partial charge in [0.15, 0.2) is 0 Å². The van der Waals surface area contributed by atoms with Crippen LogP contribution in [0.25, 0.3) is 22.1 Å². The topological polar surface area (TPSA) is 281 Å². The molecule has 22 heteroatoms. The number of nitrogens with zero attached hydrogens (tertiary/aromatic N) is 10. The number of amides is 5. The van der Waals surface area contributed by atoms with Crippen molar-refractivity contribution in [2.45, 2.75) is 79.1 Å². The zero-order valence-corrected chi connectivity index (χ0v) is 38.8. The molecule has 1 aliphatic rings. The van der Waals surface area contributed by atoms with E-state index >= 15 is 0 Å². The van der Waals surface area contributed by atoms with Gasteiger partial charge in [-0.1, -0.05) is 0 Å². The highest BCUT2D eigenvalue weighted by molar-refractivity contribution is 6.06. The number of ether oxygens (including phenoxy) is 1. The molecule has 0 radical (unpaired) electrons. The number of aliphatic hydroxyl groups excluding tert-OH is 1. The number of aliphatic hydroxyl groups is 1. The van der Waals surface area contributed by atoms with Gasteiger partial charge in [-0.2, -0.15) is 10.2 Å². The highest BCUT2D eigenvalue weighted by Crippen LogP contribution is 2.40. The Morgan fingerprint density at radius 2 is 1.43 bits per heavy atom. The average molecular weight is 922 g/mol. The first-order valence-corrected chi connectivity index (χ1v) is 22.4. The van der Waals surface area contributed by atoms with Crippen LogP contribution in [0.5, 0.6) is 5.75 Å². The molecule has 5 heterocycles. The van der Waals surface area contributed by atoms with Crippen molar-refractivity contribution in [1.29, 1.82) is 0 Å². The molecule has 356 valence electrons. The maximum Gasteiger partial charge on any atom is 0.276 e. The van der Waals surface area contributed by atoms with Crippen LogP contribution in [0.1, 0.15) is 98.7 Å². The van der Waals surface area contributed by atoms with Gasteiger partial charge in [-0.25, -0.2) is 9.97 Å². The van der Waals surface area contributed by atoms with E-state index in [1.165, 1.54) is 0 Å². The molecule has 0 spiro atoms. The number of imidazole rings is 2. The Labute approximate surface area is 386 Å². The van der Waals surface area contributed by atoms with Crippen LogP contribution in [-0.4, -0.2) is 132 Å². The van der Waals surface area contributed by atoms with Crippen LogP contribution in [0.15, 0.2) is 36.4 Å². The third kappa shape index (κ3) is 10.2. The zero-order valence-electron chi connectivity index (χ0n) is 38.8. The summed E-state index contributed by atoms with van der Waals surface area (Å²) in [6.07, 6.45) is 2.16. The Morgan fingerprint density at radius 3 is 2.04 bits per heavy atom. The molecule has 8 N–H and O–H groups in total. The van der Waals surface area contributed by atoms with Crippen LogP contribution < -0.4 is 37.1 Å². The smallest absolute Gasteiger partial charge is 0.276 e. The molecule has 0 bridgehead atoms. The summed E-state index contributed by atoms with van der Waals surface area (Å²) in [6.45, 7) is 10.1. The predicted octanol–water partition coefficient (Wildman–Crippen LogP) is 2.81. The van der Waals surface area contributed by atoms with Gasteiger partial charge in [0.2, 0.25) is 29.6 Å². The maximum atomic E-state index is 14.0. The van der Waals surface area contributed by atoms with Crippen LogP contribution in [0.2, 0.25) is 0 Å². The Kier molecular flexibility index (Phi) is 14.5. The van der Waals surface area contributed by atoms with E-state index in [1.807, 2.05) is 37.0 Å². The van der Waals surface area contributed by atoms with Gasteiger partial charge in [-0.15, -0.1) is 0 Å². The number of aryl methyl sites for hydroxylation is 5. The number of carbonyl (C=O) groups excluding carboxylic acids is 5. The quantitative estimate of drug-likeness (QED) is 0.0568. The van der Waals surface area contributed by atoms with E-state index in [0.29, 0.717) is 122 Å². The molecule has 67 heavy (non-hydrogen) atoms. The third-order valence-corrected chi connectivity index (χ3v) is 11.8. The van der Waals surface area contributed by atoms with Gasteiger partial charge in [0.1, 0.15) is 22.7 Å². The predicted molar refractivity (Wildman–Crippen MR) is 252 cm³/mol. The first-order valence-electron chi connectivity index (χ1n) is 22.4. The molecule has 2 aromatic carbocycles. The summed E-state index contributed by atoms with van der Waals surface area (Å²) in [5, 5.41) is 26.9. The molecule has 6 aromatic rings. The van der Waals surface area contributed by atoms with E-state index in [4.69, 9.17) is 31.3 Å². The number of hydrogen-bond donors (Lipinski definition) is 6. The van der Waals surface area contributed by atoms with Gasteiger partial charge >= 0.3 is 0 Å². The van der Waals surface area contributed by atoms with Crippen LogP contribution in [0, 0.1) is 13.8 Å². The fourth-order valence-electron chi connectivity index (χ4n) is 8.52. The molecule has 1 atom stereocenters. The van der Waals surface area contributed by atoms with Gasteiger partial charge in [0.05, 0.1) is 53.4 Å². The summed E-state index contributed by atoms with van der Waals surface area (Å²) in [7, 11) is 3.62. The maximum absolute atomic E-state index is 14.0. The highest BCUT2D eigenvalue weighted by atomic mass is 16.5.